The first kappa shape index (κ1) is 36.5. The van der Waals surface area contributed by atoms with Gasteiger partial charge in [0, 0.05) is 0 Å². The molecule has 0 radical (unpaired) electrons. The van der Waals surface area contributed by atoms with Crippen LogP contribution >= 0.6 is 0 Å². The summed E-state index contributed by atoms with van der Waals surface area (Å²) < 4.78 is 24.0. The summed E-state index contributed by atoms with van der Waals surface area (Å²) in [7, 11) is 0. The van der Waals surface area contributed by atoms with E-state index in [1.807, 2.05) is 13.0 Å². The fourth-order valence-electron chi connectivity index (χ4n) is 2.39. The van der Waals surface area contributed by atoms with Crippen molar-refractivity contribution in [3.8, 4) is 11.5 Å². The second-order valence-corrected chi connectivity index (χ2v) is 6.99. The minimum atomic E-state index is -0.331. The quantitative estimate of drug-likeness (QED) is 0.267. The van der Waals surface area contributed by atoms with Gasteiger partial charge in [0.05, 0.1) is 0 Å². The van der Waals surface area contributed by atoms with Crippen molar-refractivity contribution in [3.05, 3.63) is 122 Å². The van der Waals surface area contributed by atoms with Crippen LogP contribution in [-0.2, 0) is 23.3 Å². The number of halogens is 2. The zero-order chi connectivity index (χ0) is 24.5. The molecule has 2 nitrogen and oxygen atoms in total. The fraction of sp³-hybridized carbons (Fsp3) is 0.214. The molecule has 0 bridgehead atoms. The molecular formula is C28H36F2O2SiZr-4. The Kier molecular flexibility index (Phi) is 23.1. The summed E-state index contributed by atoms with van der Waals surface area (Å²) in [5.74, 6) is 0.0726. The number of benzene rings is 2. The van der Waals surface area contributed by atoms with E-state index in [2.05, 4.69) is 52.0 Å². The SMILES string of the molecule is CC1=CC(C)[C-]=C1.CC1=[C-]CC(C)=C1.Oc1ccc(F)cc1.Oc1ccc(F)cc1.[CH3-].[CH3-].[SiH2]=[Zr]. The first-order chi connectivity index (χ1) is 15.2. The summed E-state index contributed by atoms with van der Waals surface area (Å²) in [6, 6.07) is 10.0. The Labute approximate surface area is 222 Å². The molecule has 4 rings (SSSR count). The number of rotatable bonds is 0. The van der Waals surface area contributed by atoms with Gasteiger partial charge in [-0.15, -0.1) is 13.3 Å². The first-order valence-electron chi connectivity index (χ1n) is 9.92. The fourth-order valence-corrected chi connectivity index (χ4v) is 2.39. The molecule has 186 valence electrons. The van der Waals surface area contributed by atoms with Crippen LogP contribution in [0.2, 0.25) is 0 Å². The number of phenols is 2. The Morgan fingerprint density at radius 1 is 0.853 bits per heavy atom. The zero-order valence-corrected chi connectivity index (χ0v) is 24.9. The molecule has 0 saturated heterocycles. The van der Waals surface area contributed by atoms with Crippen molar-refractivity contribution >= 4 is 6.88 Å². The van der Waals surface area contributed by atoms with Gasteiger partial charge >= 0.3 is 30.2 Å². The summed E-state index contributed by atoms with van der Waals surface area (Å²) in [4.78, 5) is 0. The van der Waals surface area contributed by atoms with E-state index in [-0.39, 0.29) is 38.0 Å². The average Bonchev–Trinajstić information content (AvgIpc) is 3.35. The van der Waals surface area contributed by atoms with Crippen LogP contribution in [0.25, 0.3) is 0 Å². The van der Waals surface area contributed by atoms with Gasteiger partial charge in [0.2, 0.25) is 0 Å². The second kappa shape index (κ2) is 21.5. The molecule has 1 unspecified atom stereocenters. The molecule has 0 fully saturated rings. The molecule has 0 saturated carbocycles. The van der Waals surface area contributed by atoms with E-state index in [1.54, 1.807) is 23.3 Å². The summed E-state index contributed by atoms with van der Waals surface area (Å²) in [5, 5.41) is 17.2. The van der Waals surface area contributed by atoms with E-state index in [9.17, 15) is 8.78 Å². The predicted molar refractivity (Wildman–Crippen MR) is 139 cm³/mol. The molecule has 2 aromatic carbocycles. The van der Waals surface area contributed by atoms with Gasteiger partial charge in [-0.05, 0) is 48.5 Å². The monoisotopic (exact) mass is 560 g/mol. The Morgan fingerprint density at radius 2 is 1.26 bits per heavy atom. The van der Waals surface area contributed by atoms with Crippen LogP contribution in [0, 0.1) is 44.6 Å². The molecular weight excluding hydrogens is 526 g/mol. The predicted octanol–water partition coefficient (Wildman–Crippen LogP) is 7.07. The van der Waals surface area contributed by atoms with Crippen molar-refractivity contribution in [2.24, 2.45) is 5.92 Å². The first-order valence-corrected chi connectivity index (χ1v) is 15.8. The number of aromatic hydroxyl groups is 2. The van der Waals surface area contributed by atoms with Crippen LogP contribution in [0.15, 0.2) is 83.5 Å². The van der Waals surface area contributed by atoms with Gasteiger partial charge in [0.25, 0.3) is 0 Å². The molecule has 34 heavy (non-hydrogen) atoms. The summed E-state index contributed by atoms with van der Waals surface area (Å²) >= 11 is 1.58. The maximum absolute atomic E-state index is 12.0. The number of hydrogen-bond acceptors (Lipinski definition) is 2. The topological polar surface area (TPSA) is 40.5 Å². The van der Waals surface area contributed by atoms with Crippen molar-refractivity contribution in [3.63, 3.8) is 0 Å². The van der Waals surface area contributed by atoms with Crippen molar-refractivity contribution in [1.82, 2.24) is 0 Å². The molecule has 0 amide bonds. The van der Waals surface area contributed by atoms with Gasteiger partial charge < -0.3 is 25.1 Å². The molecule has 0 spiro atoms. The van der Waals surface area contributed by atoms with Gasteiger partial charge in [-0.3, -0.25) is 12.2 Å². The third kappa shape index (κ3) is 19.4. The standard InChI is InChI=1S/2C7H9.2C6H5FO.2CH3.H2Si.Zr/c2*1-6-3-4-7(2)5-6;2*7-5-1-3-6(8)4-2-5;;;;/h5H,3H2,1-2H3;3,5,7H,1-2H3;2*1-4,8H;2*1H3;1H2;/q2*-1;;;2*-1;;. The average molecular weight is 562 g/mol. The van der Waals surface area contributed by atoms with E-state index in [4.69, 9.17) is 10.2 Å². The van der Waals surface area contributed by atoms with Crippen molar-refractivity contribution in [1.29, 1.82) is 0 Å². The Bertz CT molecular complexity index is 833. The molecule has 2 aliphatic rings. The van der Waals surface area contributed by atoms with E-state index < -0.39 is 0 Å². The Morgan fingerprint density at radius 3 is 1.41 bits per heavy atom. The minimum absolute atomic E-state index is 0. The number of hydrogen-bond donors (Lipinski definition) is 2. The maximum atomic E-state index is 12.0. The van der Waals surface area contributed by atoms with Crippen molar-refractivity contribution < 1.29 is 42.3 Å². The third-order valence-electron chi connectivity index (χ3n) is 3.85. The number of phenolic OH excluding ortho intramolecular Hbond substituents is 2. The molecule has 1 atom stereocenters. The van der Waals surface area contributed by atoms with E-state index in [0.717, 1.165) is 6.42 Å². The third-order valence-corrected chi connectivity index (χ3v) is 3.85. The van der Waals surface area contributed by atoms with Gasteiger partial charge in [0.15, 0.2) is 0 Å². The van der Waals surface area contributed by atoms with Crippen molar-refractivity contribution in [2.45, 2.75) is 34.1 Å². The molecule has 2 aliphatic carbocycles. The molecule has 0 heterocycles. The van der Waals surface area contributed by atoms with Crippen LogP contribution in [0.1, 0.15) is 34.1 Å². The van der Waals surface area contributed by atoms with Crippen molar-refractivity contribution in [2.75, 3.05) is 0 Å². The van der Waals surface area contributed by atoms with Gasteiger partial charge in [-0.25, -0.2) is 32.1 Å². The zero-order valence-electron chi connectivity index (χ0n) is 21.0. The van der Waals surface area contributed by atoms with Crippen LogP contribution < -0.4 is 0 Å². The Hall–Kier alpha value is -2.04. The molecule has 0 aliphatic heterocycles. The summed E-state index contributed by atoms with van der Waals surface area (Å²) in [6.07, 6.45) is 13.8. The van der Waals surface area contributed by atoms with Crippen LogP contribution in [0.3, 0.4) is 0 Å². The van der Waals surface area contributed by atoms with Gasteiger partial charge in [-0.2, -0.15) is 11.6 Å². The normalized spacial score (nSPS) is 14.1. The van der Waals surface area contributed by atoms with Crippen LogP contribution in [0.4, 0.5) is 8.78 Å². The van der Waals surface area contributed by atoms with E-state index in [0.29, 0.717) is 5.92 Å². The van der Waals surface area contributed by atoms with Crippen LogP contribution in [0.5, 0.6) is 11.5 Å². The Balaban J connectivity index is -0.000000361. The number of allylic oxidation sites excluding steroid dienone is 8. The van der Waals surface area contributed by atoms with Gasteiger partial charge in [-0.1, -0.05) is 26.7 Å². The molecule has 6 heteroatoms. The second-order valence-electron chi connectivity index (χ2n) is 6.99. The molecule has 2 N–H and O–H groups in total. The summed E-state index contributed by atoms with van der Waals surface area (Å²) in [6.45, 7) is 10.4. The molecule has 0 aromatic heterocycles. The van der Waals surface area contributed by atoms with Gasteiger partial charge in [0.1, 0.15) is 23.1 Å². The van der Waals surface area contributed by atoms with Crippen LogP contribution in [-0.4, -0.2) is 17.1 Å². The summed E-state index contributed by atoms with van der Waals surface area (Å²) in [5.41, 5.74) is 4.06. The van der Waals surface area contributed by atoms with E-state index >= 15 is 0 Å². The van der Waals surface area contributed by atoms with E-state index in [1.165, 1.54) is 65.3 Å². The molecule has 2 aromatic rings.